The molecule has 2 N–H and O–H groups in total. The Bertz CT molecular complexity index is 378. The van der Waals surface area contributed by atoms with Crippen LogP contribution >= 0.6 is 15.9 Å². The number of hydrogen-bond donors (Lipinski definition) is 2. The molecule has 1 unspecified atom stereocenters. The summed E-state index contributed by atoms with van der Waals surface area (Å²) in [6.07, 6.45) is 0.191. The molecule has 0 fully saturated rings. The summed E-state index contributed by atoms with van der Waals surface area (Å²) in [6.45, 7) is 0.720. The smallest absolute Gasteiger partial charge is 0.304 e. The maximum atomic E-state index is 10.6. The normalized spacial score (nSPS) is 18.8. The van der Waals surface area contributed by atoms with Crippen LogP contribution in [0.5, 0.6) is 0 Å². The van der Waals surface area contributed by atoms with Gasteiger partial charge in [-0.1, -0.05) is 15.9 Å². The lowest BCUT2D eigenvalue weighted by Crippen LogP contribution is -2.07. The third kappa shape index (κ3) is 1.75. The van der Waals surface area contributed by atoms with Gasteiger partial charge in [0.15, 0.2) is 0 Å². The topological polar surface area (TPSA) is 49.3 Å². The van der Waals surface area contributed by atoms with Crippen molar-refractivity contribution in [1.29, 1.82) is 0 Å². The molecule has 0 saturated heterocycles. The van der Waals surface area contributed by atoms with Gasteiger partial charge < -0.3 is 10.4 Å². The molecule has 0 aromatic heterocycles. The number of carboxylic acid groups (broad SMARTS) is 1. The van der Waals surface area contributed by atoms with Gasteiger partial charge in [0.25, 0.3) is 0 Å². The average molecular weight is 256 g/mol. The average Bonchev–Trinajstić information content (AvgIpc) is 2.47. The fourth-order valence-electron chi connectivity index (χ4n) is 1.77. The van der Waals surface area contributed by atoms with Gasteiger partial charge in [-0.2, -0.15) is 0 Å². The minimum Gasteiger partial charge on any atom is -0.481 e. The first-order valence-corrected chi connectivity index (χ1v) is 5.21. The highest BCUT2D eigenvalue weighted by molar-refractivity contribution is 9.10. The Kier molecular flexibility index (Phi) is 2.46. The fourth-order valence-corrected chi connectivity index (χ4v) is 2.15. The van der Waals surface area contributed by atoms with Gasteiger partial charge in [0, 0.05) is 22.6 Å². The second-order valence-electron chi connectivity index (χ2n) is 3.41. The Labute approximate surface area is 90.3 Å². The minimum atomic E-state index is -0.746. The highest BCUT2D eigenvalue weighted by Gasteiger charge is 2.24. The van der Waals surface area contributed by atoms with E-state index in [0.29, 0.717) is 0 Å². The van der Waals surface area contributed by atoms with Crippen LogP contribution in [0.3, 0.4) is 0 Å². The fraction of sp³-hybridized carbons (Fsp3) is 0.300. The van der Waals surface area contributed by atoms with E-state index in [1.807, 2.05) is 18.2 Å². The molecule has 1 aliphatic rings. The van der Waals surface area contributed by atoms with E-state index >= 15 is 0 Å². The van der Waals surface area contributed by atoms with Gasteiger partial charge in [-0.15, -0.1) is 0 Å². The molecule has 0 bridgehead atoms. The van der Waals surface area contributed by atoms with Crippen molar-refractivity contribution in [1.82, 2.24) is 0 Å². The molecule has 0 saturated carbocycles. The molecule has 74 valence electrons. The van der Waals surface area contributed by atoms with Gasteiger partial charge in [0.1, 0.15) is 0 Å². The van der Waals surface area contributed by atoms with E-state index in [1.165, 1.54) is 0 Å². The van der Waals surface area contributed by atoms with E-state index in [1.54, 1.807) is 0 Å². The monoisotopic (exact) mass is 255 g/mol. The van der Waals surface area contributed by atoms with E-state index in [4.69, 9.17) is 5.11 Å². The third-order valence-corrected chi connectivity index (χ3v) is 2.91. The number of fused-ring (bicyclic) bond motifs is 1. The van der Waals surface area contributed by atoms with Crippen LogP contribution in [0.1, 0.15) is 17.9 Å². The lowest BCUT2D eigenvalue weighted by molar-refractivity contribution is -0.137. The summed E-state index contributed by atoms with van der Waals surface area (Å²) in [5.74, 6) is -0.648. The second kappa shape index (κ2) is 3.61. The summed E-state index contributed by atoms with van der Waals surface area (Å²) in [4.78, 5) is 10.6. The summed E-state index contributed by atoms with van der Waals surface area (Å²) in [5, 5.41) is 11.9. The maximum Gasteiger partial charge on any atom is 0.304 e. The molecule has 1 atom stereocenters. The zero-order valence-electron chi connectivity index (χ0n) is 7.46. The maximum absolute atomic E-state index is 10.6. The van der Waals surface area contributed by atoms with Crippen molar-refractivity contribution >= 4 is 27.6 Å². The second-order valence-corrected chi connectivity index (χ2v) is 4.32. The Morgan fingerprint density at radius 3 is 3.14 bits per heavy atom. The molecule has 2 rings (SSSR count). The largest absolute Gasteiger partial charge is 0.481 e. The summed E-state index contributed by atoms with van der Waals surface area (Å²) in [7, 11) is 0. The number of hydrogen-bond acceptors (Lipinski definition) is 2. The van der Waals surface area contributed by atoms with E-state index in [9.17, 15) is 4.79 Å². The third-order valence-electron chi connectivity index (χ3n) is 2.41. The number of benzene rings is 1. The number of halogens is 1. The van der Waals surface area contributed by atoms with Gasteiger partial charge in [0.05, 0.1) is 6.42 Å². The van der Waals surface area contributed by atoms with Crippen molar-refractivity contribution in [2.24, 2.45) is 0 Å². The molecule has 4 heteroatoms. The molecule has 1 aromatic carbocycles. The Morgan fingerprint density at radius 2 is 2.43 bits per heavy atom. The molecule has 1 heterocycles. The summed E-state index contributed by atoms with van der Waals surface area (Å²) in [5.41, 5.74) is 2.15. The summed E-state index contributed by atoms with van der Waals surface area (Å²) < 4.78 is 0.996. The van der Waals surface area contributed by atoms with Crippen molar-refractivity contribution in [2.75, 3.05) is 11.9 Å². The number of rotatable bonds is 2. The van der Waals surface area contributed by atoms with Crippen molar-refractivity contribution in [3.8, 4) is 0 Å². The zero-order chi connectivity index (χ0) is 10.1. The first kappa shape index (κ1) is 9.52. The van der Waals surface area contributed by atoms with E-state index in [0.717, 1.165) is 22.3 Å². The van der Waals surface area contributed by atoms with Crippen LogP contribution in [0, 0.1) is 0 Å². The molecule has 0 aliphatic carbocycles. The van der Waals surface area contributed by atoms with Crippen LogP contribution < -0.4 is 5.32 Å². The number of carbonyl (C=O) groups is 1. The molecule has 1 aliphatic heterocycles. The van der Waals surface area contributed by atoms with Crippen molar-refractivity contribution in [3.05, 3.63) is 28.2 Å². The SMILES string of the molecule is O=C(O)CC1CNc2ccc(Br)cc21. The Hall–Kier alpha value is -1.03. The van der Waals surface area contributed by atoms with Crippen LogP contribution in [0.2, 0.25) is 0 Å². The highest BCUT2D eigenvalue weighted by Crippen LogP contribution is 2.35. The molecule has 0 radical (unpaired) electrons. The minimum absolute atomic E-state index is 0.0972. The zero-order valence-corrected chi connectivity index (χ0v) is 9.04. The van der Waals surface area contributed by atoms with E-state index in [-0.39, 0.29) is 12.3 Å². The first-order chi connectivity index (χ1) is 6.66. The predicted molar refractivity (Wildman–Crippen MR) is 57.6 cm³/mol. The number of aliphatic carboxylic acids is 1. The molecular formula is C10H10BrNO2. The van der Waals surface area contributed by atoms with Gasteiger partial charge in [-0.05, 0) is 23.8 Å². The van der Waals surface area contributed by atoms with Crippen LogP contribution in [-0.4, -0.2) is 17.6 Å². The van der Waals surface area contributed by atoms with Gasteiger partial charge in [-0.25, -0.2) is 0 Å². The van der Waals surface area contributed by atoms with E-state index in [2.05, 4.69) is 21.2 Å². The molecule has 3 nitrogen and oxygen atoms in total. The number of anilines is 1. The quantitative estimate of drug-likeness (QED) is 0.854. The first-order valence-electron chi connectivity index (χ1n) is 4.42. The van der Waals surface area contributed by atoms with Crippen molar-refractivity contribution in [2.45, 2.75) is 12.3 Å². The standard InChI is InChI=1S/C10H10BrNO2/c11-7-1-2-9-8(4-7)6(5-12-9)3-10(13)14/h1-2,4,6,12H,3,5H2,(H,13,14). The van der Waals surface area contributed by atoms with Crippen LogP contribution in [0.15, 0.2) is 22.7 Å². The predicted octanol–water partition coefficient (Wildman–Crippen LogP) is 2.43. The number of carboxylic acids is 1. The lowest BCUT2D eigenvalue weighted by atomic mass is 9.98. The molecule has 14 heavy (non-hydrogen) atoms. The van der Waals surface area contributed by atoms with Gasteiger partial charge >= 0.3 is 5.97 Å². The summed E-state index contributed by atoms with van der Waals surface area (Å²) in [6, 6.07) is 5.92. The van der Waals surface area contributed by atoms with Crippen LogP contribution in [0.25, 0.3) is 0 Å². The van der Waals surface area contributed by atoms with E-state index < -0.39 is 5.97 Å². The number of nitrogens with one attached hydrogen (secondary N) is 1. The van der Waals surface area contributed by atoms with Crippen LogP contribution in [0.4, 0.5) is 5.69 Å². The molecule has 1 aromatic rings. The van der Waals surface area contributed by atoms with Gasteiger partial charge in [-0.3, -0.25) is 4.79 Å². The lowest BCUT2D eigenvalue weighted by Gasteiger charge is -2.06. The van der Waals surface area contributed by atoms with Gasteiger partial charge in [0.2, 0.25) is 0 Å². The van der Waals surface area contributed by atoms with Crippen LogP contribution in [-0.2, 0) is 4.79 Å². The molecular weight excluding hydrogens is 246 g/mol. The molecule has 0 spiro atoms. The van der Waals surface area contributed by atoms with Crippen molar-refractivity contribution < 1.29 is 9.90 Å². The molecule has 0 amide bonds. The summed E-state index contributed by atoms with van der Waals surface area (Å²) >= 11 is 3.38. The highest BCUT2D eigenvalue weighted by atomic mass is 79.9. The Balaban J connectivity index is 2.28. The Morgan fingerprint density at radius 1 is 1.64 bits per heavy atom. The van der Waals surface area contributed by atoms with Crippen molar-refractivity contribution in [3.63, 3.8) is 0 Å².